The number of primary amides is 1. The number of likely N-dealkylation sites (tertiary alicyclic amines) is 2. The predicted molar refractivity (Wildman–Crippen MR) is 145 cm³/mol. The minimum atomic E-state index is -4.27. The van der Waals surface area contributed by atoms with Gasteiger partial charge in [-0.25, -0.2) is 8.42 Å². The van der Waals surface area contributed by atoms with Crippen LogP contribution in [0.15, 0.2) is 41.3 Å². The molecule has 2 fully saturated rings. The average Bonchev–Trinajstić information content (AvgIpc) is 3.26. The molecule has 206 valence electrons. The van der Waals surface area contributed by atoms with Gasteiger partial charge >= 0.3 is 0 Å². The van der Waals surface area contributed by atoms with Crippen LogP contribution in [0, 0.1) is 0 Å². The molecule has 2 heterocycles. The molecule has 2 saturated heterocycles. The minimum absolute atomic E-state index is 0.0639. The Kier molecular flexibility index (Phi) is 8.32. The summed E-state index contributed by atoms with van der Waals surface area (Å²) >= 11 is 6.04. The number of carbonyl (C=O) groups is 3. The molecule has 3 amide bonds. The van der Waals surface area contributed by atoms with E-state index in [2.05, 4.69) is 4.90 Å². The van der Waals surface area contributed by atoms with Crippen molar-refractivity contribution in [1.82, 2.24) is 19.0 Å². The Bertz CT molecular complexity index is 1340. The zero-order valence-electron chi connectivity index (χ0n) is 21.8. The molecule has 4 rings (SSSR count). The van der Waals surface area contributed by atoms with E-state index in [9.17, 15) is 22.8 Å². The smallest absolute Gasteiger partial charge is 0.245 e. The molecular weight excluding hydrogens is 530 g/mol. The molecular formula is C26H34ClN5O5S. The third-order valence-corrected chi connectivity index (χ3v) is 9.75. The van der Waals surface area contributed by atoms with Crippen LogP contribution in [0.3, 0.4) is 0 Å². The van der Waals surface area contributed by atoms with Crippen LogP contribution in [0.4, 0.5) is 0 Å². The van der Waals surface area contributed by atoms with Crippen molar-refractivity contribution in [2.24, 2.45) is 5.73 Å². The second-order valence-electron chi connectivity index (χ2n) is 10.2. The van der Waals surface area contributed by atoms with Crippen LogP contribution < -0.4 is 5.73 Å². The molecule has 0 radical (unpaired) electrons. The first-order valence-electron chi connectivity index (χ1n) is 12.7. The molecule has 1 unspecified atom stereocenters. The topological polar surface area (TPSA) is 124 Å². The van der Waals surface area contributed by atoms with E-state index < -0.39 is 40.5 Å². The van der Waals surface area contributed by atoms with Crippen molar-refractivity contribution in [2.45, 2.75) is 49.2 Å². The van der Waals surface area contributed by atoms with Gasteiger partial charge in [-0.1, -0.05) is 23.7 Å². The number of piperidine rings is 1. The molecule has 0 aliphatic carbocycles. The number of likely N-dealkylation sites (N-methyl/N-ethyl adjacent to an activating group) is 1. The molecule has 2 aliphatic heterocycles. The molecule has 2 aliphatic rings. The van der Waals surface area contributed by atoms with Crippen molar-refractivity contribution in [1.29, 1.82) is 0 Å². The number of rotatable bonds is 8. The second-order valence-corrected chi connectivity index (χ2v) is 12.5. The maximum absolute atomic E-state index is 13.7. The molecule has 12 heteroatoms. The summed E-state index contributed by atoms with van der Waals surface area (Å²) in [6, 6.07) is 7.78. The van der Waals surface area contributed by atoms with E-state index in [0.29, 0.717) is 10.4 Å². The fourth-order valence-electron chi connectivity index (χ4n) is 5.34. The molecule has 38 heavy (non-hydrogen) atoms. The Labute approximate surface area is 228 Å². The minimum Gasteiger partial charge on any atom is -0.369 e. The number of carbonyl (C=O) groups excluding carboxylic acids is 3. The van der Waals surface area contributed by atoms with E-state index in [1.165, 1.54) is 17.0 Å². The average molecular weight is 564 g/mol. The molecule has 0 spiro atoms. The van der Waals surface area contributed by atoms with E-state index in [4.69, 9.17) is 17.3 Å². The van der Waals surface area contributed by atoms with Gasteiger partial charge in [0.2, 0.25) is 27.7 Å². The number of nitrogens with zero attached hydrogens (tertiary/aromatic N) is 4. The van der Waals surface area contributed by atoms with Crippen molar-refractivity contribution >= 4 is 50.1 Å². The zero-order valence-corrected chi connectivity index (χ0v) is 23.4. The molecule has 2 atom stereocenters. The Hall–Kier alpha value is -2.73. The van der Waals surface area contributed by atoms with Gasteiger partial charge in [-0.3, -0.25) is 14.4 Å². The number of hydrogen-bond acceptors (Lipinski definition) is 6. The summed E-state index contributed by atoms with van der Waals surface area (Å²) in [7, 11) is -0.472. The monoisotopic (exact) mass is 563 g/mol. The number of benzene rings is 2. The fraction of sp³-hybridized carbons (Fsp3) is 0.500. The number of sulfonamides is 1. The van der Waals surface area contributed by atoms with E-state index in [1.54, 1.807) is 43.1 Å². The molecule has 0 bridgehead atoms. The van der Waals surface area contributed by atoms with Gasteiger partial charge in [-0.2, -0.15) is 4.31 Å². The van der Waals surface area contributed by atoms with Gasteiger partial charge in [0, 0.05) is 24.7 Å². The van der Waals surface area contributed by atoms with Gasteiger partial charge in [-0.15, -0.1) is 0 Å². The van der Waals surface area contributed by atoms with Crippen LogP contribution in [0.5, 0.6) is 0 Å². The van der Waals surface area contributed by atoms with Crippen LogP contribution in [0.25, 0.3) is 10.8 Å². The highest BCUT2D eigenvalue weighted by molar-refractivity contribution is 7.89. The third kappa shape index (κ3) is 5.66. The fourth-order valence-corrected chi connectivity index (χ4v) is 7.13. The molecule has 0 aromatic heterocycles. The van der Waals surface area contributed by atoms with Crippen LogP contribution in [0.2, 0.25) is 5.02 Å². The zero-order chi connectivity index (χ0) is 27.8. The molecule has 2 N–H and O–H groups in total. The summed E-state index contributed by atoms with van der Waals surface area (Å²) in [5.74, 6) is -1.58. The van der Waals surface area contributed by atoms with Crippen LogP contribution in [-0.2, 0) is 24.4 Å². The molecule has 0 saturated carbocycles. The molecule has 2 aromatic carbocycles. The Morgan fingerprint density at radius 2 is 1.71 bits per heavy atom. The Morgan fingerprint density at radius 3 is 2.37 bits per heavy atom. The van der Waals surface area contributed by atoms with Crippen LogP contribution in [0.1, 0.15) is 26.2 Å². The summed E-state index contributed by atoms with van der Waals surface area (Å²) in [4.78, 5) is 44.0. The number of halogens is 1. The normalized spacial score (nSPS) is 20.3. The first kappa shape index (κ1) is 28.3. The van der Waals surface area contributed by atoms with Gasteiger partial charge in [0.1, 0.15) is 12.1 Å². The maximum Gasteiger partial charge on any atom is 0.245 e. The Balaban J connectivity index is 1.56. The summed E-state index contributed by atoms with van der Waals surface area (Å²) < 4.78 is 28.3. The van der Waals surface area contributed by atoms with Gasteiger partial charge < -0.3 is 20.4 Å². The Morgan fingerprint density at radius 1 is 1.08 bits per heavy atom. The lowest BCUT2D eigenvalue weighted by Crippen LogP contribution is -2.54. The first-order chi connectivity index (χ1) is 17.9. The lowest BCUT2D eigenvalue weighted by molar-refractivity contribution is -0.145. The van der Waals surface area contributed by atoms with Crippen molar-refractivity contribution in [2.75, 3.05) is 40.3 Å². The molecule has 2 aromatic rings. The van der Waals surface area contributed by atoms with Crippen molar-refractivity contribution in [3.8, 4) is 0 Å². The third-order valence-electron chi connectivity index (χ3n) is 7.66. The second kappa shape index (κ2) is 11.2. The number of fused-ring (bicyclic) bond motifs is 1. The van der Waals surface area contributed by atoms with Crippen molar-refractivity contribution in [3.63, 3.8) is 0 Å². The molecule has 10 nitrogen and oxygen atoms in total. The van der Waals surface area contributed by atoms with Crippen LogP contribution in [-0.4, -0.2) is 104 Å². The summed E-state index contributed by atoms with van der Waals surface area (Å²) in [5, 5.41) is 1.91. The van der Waals surface area contributed by atoms with E-state index in [0.717, 1.165) is 35.6 Å². The SMILES string of the molecule is CC(C(=O)N(C)C1CCN(C)CC1)N1CC[C@H](N(CC(N)=O)S(=O)(=O)c2ccc3cc(Cl)ccc3c2)C1=O. The first-order valence-corrected chi connectivity index (χ1v) is 14.5. The summed E-state index contributed by atoms with van der Waals surface area (Å²) in [6.45, 7) is 2.99. The van der Waals surface area contributed by atoms with E-state index >= 15 is 0 Å². The van der Waals surface area contributed by atoms with Gasteiger partial charge in [-0.05, 0) is 81.4 Å². The lowest BCUT2D eigenvalue weighted by Gasteiger charge is -2.37. The standard InChI is InChI=1S/C26H34ClN5O5S/c1-17(25(34)30(3)21-8-11-29(2)12-9-21)31-13-10-23(26(31)35)32(16-24(28)33)38(36,37)22-7-5-18-14-20(27)6-4-19(18)15-22/h4-7,14-15,17,21,23H,8-13,16H2,1-3H3,(H2,28,33)/t17?,23-/m0/s1. The number of hydrogen-bond donors (Lipinski definition) is 1. The highest BCUT2D eigenvalue weighted by Crippen LogP contribution is 2.29. The summed E-state index contributed by atoms with van der Waals surface area (Å²) in [6.07, 6.45) is 1.85. The van der Waals surface area contributed by atoms with Gasteiger partial charge in [0.15, 0.2) is 0 Å². The van der Waals surface area contributed by atoms with Gasteiger partial charge in [0.05, 0.1) is 11.4 Å². The van der Waals surface area contributed by atoms with Crippen LogP contribution >= 0.6 is 11.6 Å². The van der Waals surface area contributed by atoms with Gasteiger partial charge in [0.25, 0.3) is 0 Å². The summed E-state index contributed by atoms with van der Waals surface area (Å²) in [5.41, 5.74) is 5.41. The number of nitrogens with two attached hydrogens (primary N) is 1. The lowest BCUT2D eigenvalue weighted by atomic mass is 10.0. The van der Waals surface area contributed by atoms with E-state index in [1.807, 2.05) is 7.05 Å². The largest absolute Gasteiger partial charge is 0.369 e. The van der Waals surface area contributed by atoms with E-state index in [-0.39, 0.29) is 29.8 Å². The van der Waals surface area contributed by atoms with Crippen molar-refractivity contribution in [3.05, 3.63) is 41.4 Å². The number of amides is 3. The highest BCUT2D eigenvalue weighted by atomic mass is 35.5. The quantitative estimate of drug-likeness (QED) is 0.519. The maximum atomic E-state index is 13.7. The van der Waals surface area contributed by atoms with Crippen molar-refractivity contribution < 1.29 is 22.8 Å². The highest BCUT2D eigenvalue weighted by Gasteiger charge is 2.45. The predicted octanol–water partition coefficient (Wildman–Crippen LogP) is 1.51.